The van der Waals surface area contributed by atoms with Crippen molar-refractivity contribution < 1.29 is 9.53 Å². The number of anilines is 2. The molecule has 1 amide bonds. The third-order valence-electron chi connectivity index (χ3n) is 8.41. The Labute approximate surface area is 254 Å². The molecule has 0 N–H and O–H groups in total. The van der Waals surface area contributed by atoms with E-state index in [1.54, 1.807) is 4.90 Å². The number of hydrogen-bond donors (Lipinski definition) is 0. The van der Waals surface area contributed by atoms with Crippen LogP contribution in [0, 0.1) is 29.6 Å². The minimum Gasteiger partial charge on any atom is -0.477 e. The second-order valence-corrected chi connectivity index (χ2v) is 11.5. The maximum atomic E-state index is 12.6. The zero-order valence-electron chi connectivity index (χ0n) is 25.3. The van der Waals surface area contributed by atoms with E-state index in [2.05, 4.69) is 76.7 Å². The molecule has 0 radical (unpaired) electrons. The average Bonchev–Trinajstić information content (AvgIpc) is 3.01. The zero-order valence-corrected chi connectivity index (χ0v) is 25.3. The van der Waals surface area contributed by atoms with Crippen LogP contribution in [0.25, 0.3) is 10.8 Å². The molecule has 2 aliphatic rings. The summed E-state index contributed by atoms with van der Waals surface area (Å²) in [5, 5.41) is 22.5. The monoisotopic (exact) mass is 577 g/mol. The third kappa shape index (κ3) is 6.14. The van der Waals surface area contributed by atoms with E-state index in [-0.39, 0.29) is 18.4 Å². The Hall–Kier alpha value is -4.60. The molecule has 3 aromatic rings. The molecule has 1 aromatic heterocycles. The summed E-state index contributed by atoms with van der Waals surface area (Å²) in [4.78, 5) is 25.9. The molecule has 0 bridgehead atoms. The van der Waals surface area contributed by atoms with E-state index >= 15 is 0 Å². The van der Waals surface area contributed by atoms with E-state index < -0.39 is 0 Å². The van der Waals surface area contributed by atoms with Gasteiger partial charge in [-0.3, -0.25) is 4.79 Å². The Morgan fingerprint density at radius 2 is 1.95 bits per heavy atom. The predicted molar refractivity (Wildman–Crippen MR) is 169 cm³/mol. The highest BCUT2D eigenvalue weighted by Crippen LogP contribution is 2.40. The SMILES string of the molecule is C=CC(=O)N1CCN(c2c(C#N)c(OCCCN(C)C)nc3c2CCN(c2cccc4cccc(C)c24)C3)CC1CC#N. The minimum atomic E-state index is -0.303. The Morgan fingerprint density at radius 1 is 1.16 bits per heavy atom. The average molecular weight is 578 g/mol. The Morgan fingerprint density at radius 3 is 2.67 bits per heavy atom. The molecule has 1 unspecified atom stereocenters. The van der Waals surface area contributed by atoms with Gasteiger partial charge in [-0.15, -0.1) is 0 Å². The molecule has 3 heterocycles. The lowest BCUT2D eigenvalue weighted by Crippen LogP contribution is -2.55. The highest BCUT2D eigenvalue weighted by atomic mass is 16.5. The molecule has 1 fully saturated rings. The number of rotatable bonds is 9. The largest absolute Gasteiger partial charge is 0.477 e. The Bertz CT molecular complexity index is 1600. The number of fused-ring (bicyclic) bond motifs is 2. The number of ether oxygens (including phenoxy) is 1. The fourth-order valence-corrected chi connectivity index (χ4v) is 6.36. The molecule has 2 aromatic carbocycles. The molecule has 1 saturated heterocycles. The van der Waals surface area contributed by atoms with Crippen molar-refractivity contribution in [2.24, 2.45) is 0 Å². The van der Waals surface area contributed by atoms with Crippen LogP contribution < -0.4 is 14.5 Å². The van der Waals surface area contributed by atoms with Crippen molar-refractivity contribution in [3.05, 3.63) is 71.4 Å². The van der Waals surface area contributed by atoms with Gasteiger partial charge in [0.05, 0.1) is 43.1 Å². The summed E-state index contributed by atoms with van der Waals surface area (Å²) in [5.41, 5.74) is 5.61. The quantitative estimate of drug-likeness (QED) is 0.272. The Balaban J connectivity index is 1.55. The molecule has 0 spiro atoms. The van der Waals surface area contributed by atoms with Crippen LogP contribution in [-0.2, 0) is 17.8 Å². The lowest BCUT2D eigenvalue weighted by Gasteiger charge is -2.43. The molecule has 43 heavy (non-hydrogen) atoms. The van der Waals surface area contributed by atoms with Gasteiger partial charge in [-0.05, 0) is 57.0 Å². The summed E-state index contributed by atoms with van der Waals surface area (Å²) in [6.07, 6.45) is 3.02. The van der Waals surface area contributed by atoms with Crippen LogP contribution in [0.15, 0.2) is 49.1 Å². The normalized spacial score (nSPS) is 16.5. The summed E-state index contributed by atoms with van der Waals surface area (Å²) < 4.78 is 6.22. The number of nitrogens with zero attached hydrogens (tertiary/aromatic N) is 7. The standard InChI is InChI=1S/C34H39N7O2/c1-5-31(42)41-19-18-40(22-26(41)13-15-35)33-27-14-17-39(30-12-7-11-25-10-6-9-24(2)32(25)30)23-29(27)37-34(28(33)21-36)43-20-8-16-38(3)4/h5-7,9-12,26H,1,8,13-14,16-20,22-23H2,2-4H3. The van der Waals surface area contributed by atoms with Crippen molar-refractivity contribution in [3.63, 3.8) is 0 Å². The molecule has 9 nitrogen and oxygen atoms in total. The van der Waals surface area contributed by atoms with Gasteiger partial charge in [0.1, 0.15) is 11.6 Å². The van der Waals surface area contributed by atoms with Crippen LogP contribution in [0.4, 0.5) is 11.4 Å². The highest BCUT2D eigenvalue weighted by molar-refractivity contribution is 5.97. The van der Waals surface area contributed by atoms with Crippen LogP contribution in [0.1, 0.15) is 35.2 Å². The van der Waals surface area contributed by atoms with Gasteiger partial charge in [0.2, 0.25) is 11.8 Å². The van der Waals surface area contributed by atoms with Gasteiger partial charge in [-0.25, -0.2) is 4.98 Å². The molecule has 0 aliphatic carbocycles. The first kappa shape index (κ1) is 29.9. The lowest BCUT2D eigenvalue weighted by molar-refractivity contribution is -0.128. The van der Waals surface area contributed by atoms with E-state index in [9.17, 15) is 15.3 Å². The number of aryl methyl sites for hydroxylation is 1. The van der Waals surface area contributed by atoms with Gasteiger partial charge in [0.25, 0.3) is 0 Å². The van der Waals surface area contributed by atoms with Crippen molar-refractivity contribution in [1.82, 2.24) is 14.8 Å². The lowest BCUT2D eigenvalue weighted by atomic mass is 9.95. The smallest absolute Gasteiger partial charge is 0.246 e. The van der Waals surface area contributed by atoms with Crippen molar-refractivity contribution in [1.29, 1.82) is 10.5 Å². The topological polar surface area (TPSA) is 99.7 Å². The summed E-state index contributed by atoms with van der Waals surface area (Å²) in [5.74, 6) is 0.176. The van der Waals surface area contributed by atoms with Gasteiger partial charge in [-0.1, -0.05) is 36.9 Å². The second-order valence-electron chi connectivity index (χ2n) is 11.5. The first-order valence-electron chi connectivity index (χ1n) is 14.9. The summed E-state index contributed by atoms with van der Waals surface area (Å²) >= 11 is 0. The van der Waals surface area contributed by atoms with Crippen molar-refractivity contribution in [2.75, 3.05) is 63.2 Å². The first-order valence-corrected chi connectivity index (χ1v) is 14.9. The number of carbonyl (C=O) groups is 1. The van der Waals surface area contributed by atoms with E-state index in [0.717, 1.165) is 36.5 Å². The van der Waals surface area contributed by atoms with Crippen molar-refractivity contribution in [3.8, 4) is 18.0 Å². The second kappa shape index (κ2) is 13.1. The maximum absolute atomic E-state index is 12.6. The first-order chi connectivity index (χ1) is 20.9. The van der Waals surface area contributed by atoms with Crippen LogP contribution in [0.2, 0.25) is 0 Å². The summed E-state index contributed by atoms with van der Waals surface area (Å²) in [6.45, 7) is 9.90. The molecule has 5 rings (SSSR count). The number of amides is 1. The minimum absolute atomic E-state index is 0.178. The van der Waals surface area contributed by atoms with Gasteiger partial charge in [0, 0.05) is 49.4 Å². The zero-order chi connectivity index (χ0) is 30.5. The Kier molecular flexibility index (Phi) is 9.13. The van der Waals surface area contributed by atoms with Gasteiger partial charge < -0.3 is 24.3 Å². The number of benzene rings is 2. The maximum Gasteiger partial charge on any atom is 0.246 e. The third-order valence-corrected chi connectivity index (χ3v) is 8.41. The van der Waals surface area contributed by atoms with E-state index in [1.165, 1.54) is 28.1 Å². The van der Waals surface area contributed by atoms with Crippen LogP contribution in [0.3, 0.4) is 0 Å². The molecule has 2 aliphatic heterocycles. The number of hydrogen-bond acceptors (Lipinski definition) is 8. The van der Waals surface area contributed by atoms with Gasteiger partial charge in [-0.2, -0.15) is 10.5 Å². The molecular weight excluding hydrogens is 538 g/mol. The number of nitriles is 2. The van der Waals surface area contributed by atoms with Crippen molar-refractivity contribution in [2.45, 2.75) is 38.8 Å². The van der Waals surface area contributed by atoms with E-state index in [4.69, 9.17) is 9.72 Å². The summed E-state index contributed by atoms with van der Waals surface area (Å²) in [7, 11) is 4.04. The molecular formula is C34H39N7O2. The van der Waals surface area contributed by atoms with Crippen LogP contribution >= 0.6 is 0 Å². The molecule has 222 valence electrons. The van der Waals surface area contributed by atoms with Crippen molar-refractivity contribution >= 4 is 28.1 Å². The predicted octanol–water partition coefficient (Wildman–Crippen LogP) is 4.42. The summed E-state index contributed by atoms with van der Waals surface area (Å²) in [6, 6.07) is 17.2. The fraction of sp³-hybridized carbons (Fsp3) is 0.412. The number of carbonyl (C=O) groups excluding carboxylic acids is 1. The van der Waals surface area contributed by atoms with E-state index in [0.29, 0.717) is 50.7 Å². The molecule has 9 heteroatoms. The van der Waals surface area contributed by atoms with Gasteiger partial charge >= 0.3 is 0 Å². The number of piperazine rings is 1. The van der Waals surface area contributed by atoms with Crippen LogP contribution in [-0.4, -0.2) is 80.2 Å². The van der Waals surface area contributed by atoms with E-state index in [1.807, 2.05) is 14.1 Å². The fourth-order valence-electron chi connectivity index (χ4n) is 6.36. The molecule has 0 saturated carbocycles. The number of pyridine rings is 1. The van der Waals surface area contributed by atoms with Gasteiger partial charge in [0.15, 0.2) is 0 Å². The van der Waals surface area contributed by atoms with Crippen LogP contribution in [0.5, 0.6) is 5.88 Å². The number of aromatic nitrogens is 1. The molecule has 1 atom stereocenters. The highest BCUT2D eigenvalue weighted by Gasteiger charge is 2.35.